The number of aromatic nitrogens is 3. The molecule has 0 bridgehead atoms. The van der Waals surface area contributed by atoms with Crippen molar-refractivity contribution in [2.24, 2.45) is 0 Å². The van der Waals surface area contributed by atoms with E-state index in [1.165, 1.54) is 0 Å². The van der Waals surface area contributed by atoms with Crippen molar-refractivity contribution in [3.63, 3.8) is 0 Å². The number of nitrogens with one attached hydrogen (secondary N) is 1. The van der Waals surface area contributed by atoms with Crippen molar-refractivity contribution in [3.05, 3.63) is 29.7 Å². The Morgan fingerprint density at radius 1 is 1.29 bits per heavy atom. The highest BCUT2D eigenvalue weighted by atomic mass is 16.2. The van der Waals surface area contributed by atoms with Crippen LogP contribution in [0.1, 0.15) is 62.6 Å². The number of carbonyl (C=O) groups is 2. The number of hydrogen-bond acceptors (Lipinski definition) is 4. The lowest BCUT2D eigenvalue weighted by atomic mass is 10.1. The fourth-order valence-electron chi connectivity index (χ4n) is 3.66. The third-order valence-corrected chi connectivity index (χ3v) is 5.09. The topological polar surface area (TPSA) is 82.8 Å². The summed E-state index contributed by atoms with van der Waals surface area (Å²) in [6.45, 7) is 10.7. The normalized spacial score (nSPS) is 16.8. The van der Waals surface area contributed by atoms with E-state index in [2.05, 4.69) is 22.4 Å². The maximum absolute atomic E-state index is 12.8. The summed E-state index contributed by atoms with van der Waals surface area (Å²) in [5.74, 6) is 0.939. The van der Waals surface area contributed by atoms with Crippen LogP contribution in [0, 0.1) is 0 Å². The molecule has 152 valence electrons. The van der Waals surface area contributed by atoms with Crippen LogP contribution in [0.15, 0.2) is 18.3 Å². The van der Waals surface area contributed by atoms with Gasteiger partial charge in [-0.2, -0.15) is 0 Å². The summed E-state index contributed by atoms with van der Waals surface area (Å²) in [6.07, 6.45) is 3.60. The first-order valence-corrected chi connectivity index (χ1v) is 10.1. The van der Waals surface area contributed by atoms with Gasteiger partial charge in [-0.05, 0) is 45.7 Å². The standard InChI is InChI=1S/C20H30N6O2/c1-5-10-24(6-2)19(27)16-7-8-17-22-23-18(26(17)13-16)15-9-11-25(12-15)20(28)21-14(3)4/h7-8,13-15H,5-6,9-12H2,1-4H3,(H,21,28). The lowest BCUT2D eigenvalue weighted by Gasteiger charge is -2.20. The van der Waals surface area contributed by atoms with Gasteiger partial charge in [-0.25, -0.2) is 4.79 Å². The van der Waals surface area contributed by atoms with E-state index in [-0.39, 0.29) is 23.9 Å². The third-order valence-electron chi connectivity index (χ3n) is 5.09. The summed E-state index contributed by atoms with van der Waals surface area (Å²) in [7, 11) is 0. The fraction of sp³-hybridized carbons (Fsp3) is 0.600. The van der Waals surface area contributed by atoms with Crippen molar-refractivity contribution >= 4 is 17.6 Å². The highest BCUT2D eigenvalue weighted by Gasteiger charge is 2.30. The smallest absolute Gasteiger partial charge is 0.317 e. The molecular formula is C20H30N6O2. The zero-order valence-electron chi connectivity index (χ0n) is 17.2. The molecule has 1 fully saturated rings. The van der Waals surface area contributed by atoms with E-state index in [0.29, 0.717) is 25.2 Å². The first-order valence-electron chi connectivity index (χ1n) is 10.1. The van der Waals surface area contributed by atoms with Gasteiger partial charge >= 0.3 is 6.03 Å². The van der Waals surface area contributed by atoms with Gasteiger partial charge in [-0.15, -0.1) is 10.2 Å². The Labute approximate surface area is 165 Å². The zero-order valence-corrected chi connectivity index (χ0v) is 17.2. The van der Waals surface area contributed by atoms with Crippen molar-refractivity contribution in [1.82, 2.24) is 29.7 Å². The fourth-order valence-corrected chi connectivity index (χ4v) is 3.66. The Morgan fingerprint density at radius 3 is 2.75 bits per heavy atom. The van der Waals surface area contributed by atoms with Crippen molar-refractivity contribution < 1.29 is 9.59 Å². The van der Waals surface area contributed by atoms with Crippen molar-refractivity contribution in [1.29, 1.82) is 0 Å². The minimum Gasteiger partial charge on any atom is -0.339 e. The molecule has 2 aromatic rings. The van der Waals surface area contributed by atoms with Crippen LogP contribution in [0.5, 0.6) is 0 Å². The maximum Gasteiger partial charge on any atom is 0.317 e. The summed E-state index contributed by atoms with van der Waals surface area (Å²) in [6, 6.07) is 3.71. The summed E-state index contributed by atoms with van der Waals surface area (Å²) in [4.78, 5) is 28.8. The number of rotatable bonds is 6. The lowest BCUT2D eigenvalue weighted by Crippen LogP contribution is -2.41. The Balaban J connectivity index is 1.81. The second-order valence-corrected chi connectivity index (χ2v) is 7.62. The Kier molecular flexibility index (Phi) is 6.16. The molecule has 1 aliphatic rings. The first kappa shape index (κ1) is 20.1. The van der Waals surface area contributed by atoms with Gasteiger partial charge in [0.25, 0.3) is 5.91 Å². The van der Waals surface area contributed by atoms with Gasteiger partial charge in [0.15, 0.2) is 5.65 Å². The van der Waals surface area contributed by atoms with Crippen LogP contribution in [0.25, 0.3) is 5.65 Å². The number of nitrogens with zero attached hydrogens (tertiary/aromatic N) is 5. The van der Waals surface area contributed by atoms with Crippen LogP contribution in [-0.2, 0) is 0 Å². The molecule has 0 saturated carbocycles. The lowest BCUT2D eigenvalue weighted by molar-refractivity contribution is 0.0764. The van der Waals surface area contributed by atoms with Gasteiger partial charge in [0, 0.05) is 44.3 Å². The molecule has 0 spiro atoms. The van der Waals surface area contributed by atoms with E-state index in [1.807, 2.05) is 53.3 Å². The van der Waals surface area contributed by atoms with Crippen LogP contribution < -0.4 is 5.32 Å². The van der Waals surface area contributed by atoms with Crippen molar-refractivity contribution in [2.75, 3.05) is 26.2 Å². The molecule has 28 heavy (non-hydrogen) atoms. The van der Waals surface area contributed by atoms with E-state index in [1.54, 1.807) is 0 Å². The molecule has 3 heterocycles. The molecule has 0 aliphatic carbocycles. The van der Waals surface area contributed by atoms with Gasteiger partial charge in [0.1, 0.15) is 5.82 Å². The maximum atomic E-state index is 12.8. The van der Waals surface area contributed by atoms with Gasteiger partial charge in [0.2, 0.25) is 0 Å². The number of fused-ring (bicyclic) bond motifs is 1. The molecule has 1 atom stereocenters. The summed E-state index contributed by atoms with van der Waals surface area (Å²) < 4.78 is 1.90. The van der Waals surface area contributed by atoms with Gasteiger partial charge in [0.05, 0.1) is 5.56 Å². The molecular weight excluding hydrogens is 356 g/mol. The SMILES string of the molecule is CCCN(CC)C(=O)c1ccc2nnc(C3CCN(C(=O)NC(C)C)C3)n2c1. The number of urea groups is 1. The molecule has 2 aromatic heterocycles. The molecule has 1 N–H and O–H groups in total. The van der Waals surface area contributed by atoms with Crippen LogP contribution >= 0.6 is 0 Å². The Hall–Kier alpha value is -2.64. The molecule has 1 aliphatic heterocycles. The van der Waals surface area contributed by atoms with E-state index >= 15 is 0 Å². The monoisotopic (exact) mass is 386 g/mol. The largest absolute Gasteiger partial charge is 0.339 e. The predicted molar refractivity (Wildman–Crippen MR) is 107 cm³/mol. The first-order chi connectivity index (χ1) is 13.4. The van der Waals surface area contributed by atoms with Gasteiger partial charge in [-0.3, -0.25) is 9.20 Å². The average molecular weight is 387 g/mol. The zero-order chi connectivity index (χ0) is 20.3. The van der Waals surface area contributed by atoms with Crippen molar-refractivity contribution in [3.8, 4) is 0 Å². The van der Waals surface area contributed by atoms with Gasteiger partial charge < -0.3 is 15.1 Å². The van der Waals surface area contributed by atoms with E-state index in [0.717, 1.165) is 30.9 Å². The molecule has 1 saturated heterocycles. The minimum atomic E-state index is -0.0414. The molecule has 8 nitrogen and oxygen atoms in total. The summed E-state index contributed by atoms with van der Waals surface area (Å²) in [5.41, 5.74) is 1.35. The molecule has 0 aromatic carbocycles. The number of pyridine rings is 1. The van der Waals surface area contributed by atoms with Crippen LogP contribution in [0.3, 0.4) is 0 Å². The number of carbonyl (C=O) groups excluding carboxylic acids is 2. The molecule has 0 radical (unpaired) electrons. The predicted octanol–water partition coefficient (Wildman–Crippen LogP) is 2.51. The number of hydrogen-bond donors (Lipinski definition) is 1. The van der Waals surface area contributed by atoms with Crippen LogP contribution in [0.2, 0.25) is 0 Å². The molecule has 1 unspecified atom stereocenters. The Bertz CT molecular complexity index is 846. The molecule has 3 amide bonds. The number of amides is 3. The van der Waals surface area contributed by atoms with Gasteiger partial charge in [-0.1, -0.05) is 6.92 Å². The van der Waals surface area contributed by atoms with E-state index < -0.39 is 0 Å². The summed E-state index contributed by atoms with van der Waals surface area (Å²) >= 11 is 0. The average Bonchev–Trinajstić information content (AvgIpc) is 3.31. The highest BCUT2D eigenvalue weighted by Crippen LogP contribution is 2.26. The minimum absolute atomic E-state index is 0.0234. The Morgan fingerprint density at radius 2 is 2.07 bits per heavy atom. The van der Waals surface area contributed by atoms with Crippen molar-refractivity contribution in [2.45, 2.75) is 52.5 Å². The number of likely N-dealkylation sites (tertiary alicyclic amines) is 1. The quantitative estimate of drug-likeness (QED) is 0.827. The second kappa shape index (κ2) is 8.58. The third kappa shape index (κ3) is 4.10. The van der Waals surface area contributed by atoms with E-state index in [9.17, 15) is 9.59 Å². The summed E-state index contributed by atoms with van der Waals surface area (Å²) in [5, 5.41) is 11.6. The van der Waals surface area contributed by atoms with Crippen LogP contribution in [0.4, 0.5) is 4.79 Å². The second-order valence-electron chi connectivity index (χ2n) is 7.62. The van der Waals surface area contributed by atoms with E-state index in [4.69, 9.17) is 0 Å². The highest BCUT2D eigenvalue weighted by molar-refractivity contribution is 5.94. The van der Waals surface area contributed by atoms with Crippen LogP contribution in [-0.4, -0.2) is 68.6 Å². The molecule has 3 rings (SSSR count). The molecule has 8 heteroatoms.